The summed E-state index contributed by atoms with van der Waals surface area (Å²) >= 11 is 0. The number of anilines is 2. The number of aliphatic hydroxyl groups is 2. The van der Waals surface area contributed by atoms with E-state index in [0.29, 0.717) is 38.0 Å². The number of rotatable bonds is 15. The molecule has 1 aromatic heterocycles. The number of nitrogens with zero attached hydrogens (tertiary/aromatic N) is 5. The van der Waals surface area contributed by atoms with Gasteiger partial charge in [0.1, 0.15) is 52.5 Å². The monoisotopic (exact) mass is 1710 g/mol. The minimum Gasteiger partial charge on any atom is -0.497 e. The zero-order chi connectivity index (χ0) is 85.8. The second-order valence-corrected chi connectivity index (χ2v) is 32.6. The van der Waals surface area contributed by atoms with Crippen LogP contribution in [0.2, 0.25) is 0 Å². The summed E-state index contributed by atoms with van der Waals surface area (Å²) in [5.41, 5.74) is 1.57. The topological polar surface area (TPSA) is 246 Å². The fourth-order valence-electron chi connectivity index (χ4n) is 23.8. The van der Waals surface area contributed by atoms with Gasteiger partial charge >= 0.3 is 30.1 Å². The van der Waals surface area contributed by atoms with Crippen molar-refractivity contribution in [1.82, 2.24) is 30.3 Å². The lowest BCUT2D eigenvalue weighted by molar-refractivity contribution is -0.217. The van der Waals surface area contributed by atoms with E-state index in [-0.39, 0.29) is 61.4 Å². The number of amides is 2. The Morgan fingerprint density at radius 3 is 1.54 bits per heavy atom. The van der Waals surface area contributed by atoms with Crippen molar-refractivity contribution in [2.75, 3.05) is 104 Å². The molecule has 666 valence electrons. The predicted octanol–water partition coefficient (Wildman–Crippen LogP) is 16.0. The van der Waals surface area contributed by atoms with Gasteiger partial charge in [0.15, 0.2) is 0 Å². The molecule has 2 amide bonds. The largest absolute Gasteiger partial charge is 0.497 e. The standard InChI is InChI=1S/C52H67N5O8.C31H43N3O6.CH4.6F2.FH/c1-7-33-25-34-28-51(47(59)63-6,43-37(19-23-56(29-33)30-34)36-17-12-13-18-40(36)54-43)39-26-38-41(27-42(39)62-5)55(4)45-50(38)21-24-57-22-14-20-49(8-2,44(50)57)46(64-32(3)58)52(45,61)31-53-48(60)65-35-15-10-9-11-16-35;1-5-29-14-9-16-34-17-15-30(25(29)34)23-13-12-22(38-4)18-24(23)33(3)26(30)31(37,27(29)39-20(2)35)19-32-28(36)40-21-10-7-6-8-11-21;;6*1-2;/h12-14,17-18,20,25-27,34-35,44-46,54,61H,7-11,15-16,19,21-24,28-31H2,1-6H3,(H,53,60);9,12-14,18,21,25-27,37H,5-8,10-11,15-17,19H2,1-4H3,(H,32,36);1H4;;;;;;;1H/t34-,44-,45+,46+,49+,50+,51-,52-;25-,26+,27+,29+,30+,31-;;;;;;;;/m00......../s1. The zero-order valence-electron chi connectivity index (χ0n) is 68.1. The summed E-state index contributed by atoms with van der Waals surface area (Å²) in [5, 5.41) is 34.0. The molecule has 15 atom stereocenters. The summed E-state index contributed by atoms with van der Waals surface area (Å²) < 4.78 is 138. The molecule has 4 aromatic rings. The van der Waals surface area contributed by atoms with Crippen LogP contribution in [0, 0.1) is 16.7 Å². The Bertz CT molecular complexity index is 4190. The van der Waals surface area contributed by atoms with E-state index in [0.717, 1.165) is 173 Å². The number of para-hydroxylation sites is 1. The SMILES string of the molecule is C.CCC1=C[C@@H]2CN(CCc3c([nH]c4ccccc34)[C@@](C(=O)OC)(c3cc4c(cc3OC)N(C)[C@H]3[C@@](O)(CNC(=O)OC5CCCCC5)[C@H](OC(C)=O)[C@]5(CC)C=CCN6CC[C@]43[C@@H]65)C2)C1.CC[C@]12C=CCN3CC[C@@]4(c5ccc(OC)cc5N(C)[C@H]4[C@@](O)(CNC(=O)OC4CCCCC4)[C@@H]1OC(C)=O)[C@@H]32.F.FF.FF.FF.FF.FF.FF. The molecule has 35 heteroatoms. The van der Waals surface area contributed by atoms with Gasteiger partial charge < -0.3 is 68.8 Å². The highest BCUT2D eigenvalue weighted by Gasteiger charge is 2.80. The van der Waals surface area contributed by atoms with Gasteiger partial charge in [-0.15, -0.1) is 0 Å². The van der Waals surface area contributed by atoms with Crippen LogP contribution in [0.3, 0.4) is 0 Å². The van der Waals surface area contributed by atoms with E-state index in [1.54, 1.807) is 14.2 Å². The van der Waals surface area contributed by atoms with Crippen molar-refractivity contribution in [3.63, 3.8) is 0 Å². The number of hydrogen-bond acceptors (Lipinski definition) is 19. The van der Waals surface area contributed by atoms with Crippen LogP contribution in [0.1, 0.15) is 173 Å². The van der Waals surface area contributed by atoms with Crippen molar-refractivity contribution in [2.45, 2.75) is 227 Å². The Balaban J connectivity index is 0.000000311. The third-order valence-corrected chi connectivity index (χ3v) is 27.6. The highest BCUT2D eigenvalue weighted by atomic mass is 20.0. The number of ether oxygens (including phenoxy) is 7. The van der Waals surface area contributed by atoms with Gasteiger partial charge in [0, 0.05) is 195 Å². The summed E-state index contributed by atoms with van der Waals surface area (Å²) in [6, 6.07) is 17.4. The number of hydrogen-bond donors (Lipinski definition) is 5. The number of alkyl carbamates (subject to hydrolysis) is 2. The van der Waals surface area contributed by atoms with Crippen LogP contribution in [-0.2, 0) is 60.7 Å². The number of nitrogens with one attached hydrogen (secondary N) is 3. The number of aromatic amines is 1. The molecule has 119 heavy (non-hydrogen) atoms. The molecule has 0 radical (unpaired) electrons. The first-order valence-electron chi connectivity index (χ1n) is 39.9. The molecule has 3 aromatic carbocycles. The molecular formula is C84H115F13N8O14. The highest BCUT2D eigenvalue weighted by molar-refractivity contribution is 5.94. The number of aromatic nitrogens is 1. The van der Waals surface area contributed by atoms with Gasteiger partial charge in [0.2, 0.25) is 0 Å². The smallest absolute Gasteiger partial charge is 0.407 e. The van der Waals surface area contributed by atoms with E-state index in [9.17, 15) is 29.4 Å². The van der Waals surface area contributed by atoms with Crippen LogP contribution in [0.5, 0.6) is 11.5 Å². The molecule has 2 saturated heterocycles. The van der Waals surface area contributed by atoms with Gasteiger partial charge in [0.25, 0.3) is 0 Å². The number of methoxy groups -OCH3 is 3. The van der Waals surface area contributed by atoms with Crippen LogP contribution in [0.15, 0.2) is 90.6 Å². The molecule has 2 bridgehead atoms. The fraction of sp³-hybridized carbons (Fsp3) is 0.631. The molecule has 12 aliphatic rings. The van der Waals surface area contributed by atoms with E-state index in [1.165, 1.54) is 32.1 Å². The van der Waals surface area contributed by atoms with Gasteiger partial charge in [-0.25, -0.2) is 9.59 Å². The van der Waals surface area contributed by atoms with Gasteiger partial charge in [-0.2, -0.15) is 0 Å². The Labute approximate surface area is 685 Å². The lowest BCUT2D eigenvalue weighted by Crippen LogP contribution is -2.81. The third kappa shape index (κ3) is 16.7. The van der Waals surface area contributed by atoms with Crippen molar-refractivity contribution in [3.8, 4) is 11.5 Å². The molecule has 4 aliphatic carbocycles. The van der Waals surface area contributed by atoms with Crippen molar-refractivity contribution in [3.05, 3.63) is 118 Å². The Morgan fingerprint density at radius 1 is 0.588 bits per heavy atom. The second-order valence-electron chi connectivity index (χ2n) is 32.6. The first-order chi connectivity index (χ1) is 56.6. The van der Waals surface area contributed by atoms with Crippen LogP contribution in [-0.4, -0.2) is 214 Å². The van der Waals surface area contributed by atoms with Crippen molar-refractivity contribution in [2.24, 2.45) is 16.7 Å². The first kappa shape index (κ1) is 97.6. The van der Waals surface area contributed by atoms with Crippen molar-refractivity contribution < 1.29 is 127 Å². The van der Waals surface area contributed by atoms with Crippen molar-refractivity contribution in [1.29, 1.82) is 0 Å². The maximum absolute atomic E-state index is 15.5. The number of fused-ring (bicyclic) bond motifs is 7. The number of likely N-dealkylation sites (N-methyl/N-ethyl adjacent to an activating group) is 2. The Kier molecular flexibility index (Phi) is 33.9. The summed E-state index contributed by atoms with van der Waals surface area (Å²) in [6.45, 7) is 14.6. The van der Waals surface area contributed by atoms with E-state index < -0.39 is 86.7 Å². The van der Waals surface area contributed by atoms with E-state index in [4.69, 9.17) is 88.0 Å². The summed E-state index contributed by atoms with van der Waals surface area (Å²) in [7, 11) is 8.79. The third-order valence-electron chi connectivity index (χ3n) is 27.6. The molecule has 16 rings (SSSR count). The van der Waals surface area contributed by atoms with Crippen LogP contribution in [0.4, 0.5) is 80.6 Å². The number of benzene rings is 3. The van der Waals surface area contributed by atoms with Crippen LogP contribution >= 0.6 is 0 Å². The van der Waals surface area contributed by atoms with Crippen LogP contribution < -0.4 is 29.9 Å². The molecule has 2 spiro atoms. The van der Waals surface area contributed by atoms with E-state index in [1.807, 2.05) is 32.3 Å². The molecule has 1 unspecified atom stereocenters. The maximum atomic E-state index is 15.5. The average Bonchev–Trinajstić information content (AvgIpc) is 1.50. The normalized spacial score (nSPS) is 31.1. The zero-order valence-corrected chi connectivity index (χ0v) is 68.1. The molecule has 8 aliphatic heterocycles. The molecule has 9 heterocycles. The summed E-state index contributed by atoms with van der Waals surface area (Å²) in [5.74, 6) is 0.0130. The highest BCUT2D eigenvalue weighted by Crippen LogP contribution is 2.70. The molecular weight excluding hydrogens is 1590 g/mol. The minimum atomic E-state index is -1.81. The summed E-state index contributed by atoms with van der Waals surface area (Å²) in [4.78, 5) is 83.9. The van der Waals surface area contributed by atoms with Crippen LogP contribution in [0.25, 0.3) is 10.9 Å². The molecule has 4 saturated carbocycles. The predicted molar refractivity (Wildman–Crippen MR) is 421 cm³/mol. The first-order valence-corrected chi connectivity index (χ1v) is 39.9. The minimum absolute atomic E-state index is 0. The van der Waals surface area contributed by atoms with E-state index in [2.05, 4.69) is 128 Å². The molecule has 6 fully saturated rings. The lowest BCUT2D eigenvalue weighted by atomic mass is 9.47. The summed E-state index contributed by atoms with van der Waals surface area (Å²) in [6.07, 6.45) is 22.4. The van der Waals surface area contributed by atoms with Gasteiger partial charge in [0.05, 0.1) is 46.5 Å². The van der Waals surface area contributed by atoms with Gasteiger partial charge in [-0.05, 0) is 150 Å². The second kappa shape index (κ2) is 41.4. The Morgan fingerprint density at radius 2 is 1.08 bits per heavy atom. The number of halogens is 13. The number of carbonyl (C=O) groups is 5. The number of carbonyl (C=O) groups excluding carboxylic acids is 5. The molecule has 5 N–H and O–H groups in total. The van der Waals surface area contributed by atoms with E-state index >= 15 is 4.79 Å². The lowest BCUT2D eigenvalue weighted by Gasteiger charge is -2.64. The number of H-pyrrole nitrogens is 1. The quantitative estimate of drug-likeness (QED) is 0.0321. The van der Waals surface area contributed by atoms with Gasteiger partial charge in [-0.1, -0.05) is 101 Å². The van der Waals surface area contributed by atoms with Crippen molar-refractivity contribution >= 4 is 52.4 Å². The Hall–Kier alpha value is -8.54. The molecule has 22 nitrogen and oxygen atoms in total. The average molecular weight is 1710 g/mol. The van der Waals surface area contributed by atoms with Gasteiger partial charge in [-0.3, -0.25) is 33.8 Å². The fourth-order valence-corrected chi connectivity index (χ4v) is 23.8. The number of esters is 3. The maximum Gasteiger partial charge on any atom is 0.407 e.